The maximum atomic E-state index is 11.8. The van der Waals surface area contributed by atoms with Crippen molar-refractivity contribution in [2.24, 2.45) is 16.5 Å². The highest BCUT2D eigenvalue weighted by Gasteiger charge is 2.34. The number of nitrogens with two attached hydrogens (primary N) is 2. The van der Waals surface area contributed by atoms with Crippen LogP contribution in [0, 0.1) is 33.1 Å². The number of amidine groups is 1. The summed E-state index contributed by atoms with van der Waals surface area (Å²) in [5.41, 5.74) is 17.2. The first-order valence-electron chi connectivity index (χ1n) is 13.9. The zero-order valence-electron chi connectivity index (χ0n) is 26.3. The number of carbonyl (C=O) groups is 2. The number of nitrogens with zero attached hydrogens (tertiary/aromatic N) is 1. The molecule has 6 N–H and O–H groups in total. The number of aliphatic imine (C=N–C) groups is 1. The Morgan fingerprint density at radius 3 is 1.75 bits per heavy atom. The topological polar surface area (TPSA) is 181 Å². The Labute approximate surface area is 264 Å². The molecule has 2 aromatic rings. The number of hydrogen-bond acceptors (Lipinski definition) is 12. The van der Waals surface area contributed by atoms with E-state index in [9.17, 15) is 9.59 Å². The van der Waals surface area contributed by atoms with Crippen molar-refractivity contribution in [3.8, 4) is 0 Å². The van der Waals surface area contributed by atoms with Gasteiger partial charge in [0.15, 0.2) is 0 Å². The van der Waals surface area contributed by atoms with Gasteiger partial charge in [0.25, 0.3) is 0 Å². The van der Waals surface area contributed by atoms with Gasteiger partial charge in [-0.2, -0.15) is 0 Å². The lowest BCUT2D eigenvalue weighted by atomic mass is 9.99. The molecule has 5 rings (SSSR count). The van der Waals surface area contributed by atoms with Crippen LogP contribution >= 0.6 is 12.4 Å². The van der Waals surface area contributed by atoms with Crippen LogP contribution in [0.5, 0.6) is 0 Å². The Morgan fingerprint density at radius 2 is 1.27 bits per heavy atom. The van der Waals surface area contributed by atoms with Crippen molar-refractivity contribution in [2.45, 2.75) is 51.9 Å². The molecule has 12 nitrogen and oxygen atoms in total. The average Bonchev–Trinajstić information content (AvgIpc) is 3.69. The summed E-state index contributed by atoms with van der Waals surface area (Å²) in [6, 6.07) is 7.91. The Balaban J connectivity index is 0.000000252. The zero-order valence-corrected chi connectivity index (χ0v) is 27.1. The van der Waals surface area contributed by atoms with Crippen molar-refractivity contribution in [2.75, 3.05) is 47.8 Å². The molecular formula is C31H44ClN5O7. The molecule has 13 heteroatoms. The SMILES string of the molecule is COC(=N)c1cc(C(=O)OC)c(C)cc1C.COC(=O)c1cc(C2=NC3COCC3N2)c(C)cc1C.Cl.NC1COCC1N. The van der Waals surface area contributed by atoms with Gasteiger partial charge >= 0.3 is 11.9 Å². The standard InChI is InChI=1S/C15H18N2O3.C12H15NO3.C4H10N2O.ClH/c1-8-4-9(2)11(15(18)19-3)5-10(8)14-16-12-6-20-7-13(12)17-14;1-7-5-8(2)10(12(14)16-4)6-9(7)11(13)15-3;5-3-1-7-2-4(3)6;/h4-5,12-13H,6-7H2,1-3H3,(H,16,17);5-6,13H,1-4H3;3-4H,1-2,5-6H2;1H. The van der Waals surface area contributed by atoms with Crippen molar-refractivity contribution < 1.29 is 33.3 Å². The van der Waals surface area contributed by atoms with Gasteiger partial charge < -0.3 is 40.5 Å². The molecular weight excluding hydrogens is 590 g/mol. The Hall–Kier alpha value is -3.55. The largest absolute Gasteiger partial charge is 0.481 e. The minimum Gasteiger partial charge on any atom is -0.481 e. The van der Waals surface area contributed by atoms with E-state index in [0.717, 1.165) is 33.7 Å². The highest BCUT2D eigenvalue weighted by molar-refractivity contribution is 6.04. The van der Waals surface area contributed by atoms with Crippen LogP contribution in [-0.4, -0.2) is 95.6 Å². The van der Waals surface area contributed by atoms with Crippen molar-refractivity contribution in [3.63, 3.8) is 0 Å². The van der Waals surface area contributed by atoms with E-state index in [0.29, 0.717) is 43.1 Å². The van der Waals surface area contributed by atoms with Crippen LogP contribution in [-0.2, 0) is 23.7 Å². The van der Waals surface area contributed by atoms with Gasteiger partial charge in [-0.3, -0.25) is 10.4 Å². The van der Waals surface area contributed by atoms with Crippen LogP contribution < -0.4 is 16.8 Å². The fourth-order valence-corrected chi connectivity index (χ4v) is 4.90. The molecule has 0 bridgehead atoms. The van der Waals surface area contributed by atoms with E-state index >= 15 is 0 Å². The highest BCUT2D eigenvalue weighted by Crippen LogP contribution is 2.23. The Morgan fingerprint density at radius 1 is 0.773 bits per heavy atom. The monoisotopic (exact) mass is 633 g/mol. The van der Waals surface area contributed by atoms with Gasteiger partial charge in [-0.05, 0) is 62.1 Å². The summed E-state index contributed by atoms with van der Waals surface area (Å²) in [7, 11) is 4.16. The van der Waals surface area contributed by atoms with E-state index in [-0.39, 0.29) is 48.4 Å². The molecule has 0 spiro atoms. The van der Waals surface area contributed by atoms with Gasteiger partial charge in [-0.25, -0.2) is 9.59 Å². The lowest BCUT2D eigenvalue weighted by molar-refractivity contribution is 0.0591. The van der Waals surface area contributed by atoms with Crippen molar-refractivity contribution in [1.82, 2.24) is 5.32 Å². The maximum Gasteiger partial charge on any atom is 0.338 e. The molecule has 0 saturated carbocycles. The number of hydrogen-bond donors (Lipinski definition) is 4. The van der Waals surface area contributed by atoms with E-state index in [4.69, 9.17) is 35.8 Å². The van der Waals surface area contributed by atoms with Crippen LogP contribution in [0.4, 0.5) is 0 Å². The minimum atomic E-state index is -0.400. The van der Waals surface area contributed by atoms with Gasteiger partial charge in [0.1, 0.15) is 5.84 Å². The second kappa shape index (κ2) is 16.5. The molecule has 3 heterocycles. The fraction of sp³-hybridized carbons (Fsp3) is 0.484. The van der Waals surface area contributed by atoms with Gasteiger partial charge in [-0.15, -0.1) is 12.4 Å². The third-order valence-corrected chi connectivity index (χ3v) is 7.50. The van der Waals surface area contributed by atoms with Crippen LogP contribution in [0.3, 0.4) is 0 Å². The predicted molar refractivity (Wildman–Crippen MR) is 170 cm³/mol. The van der Waals surface area contributed by atoms with E-state index in [2.05, 4.69) is 15.0 Å². The van der Waals surface area contributed by atoms with Crippen LogP contribution in [0.25, 0.3) is 0 Å². The normalized spacial score (nSPS) is 21.2. The van der Waals surface area contributed by atoms with Gasteiger partial charge in [-0.1, -0.05) is 12.1 Å². The number of esters is 2. The average molecular weight is 634 g/mol. The quantitative estimate of drug-likeness (QED) is 0.222. The summed E-state index contributed by atoms with van der Waals surface area (Å²) in [6.45, 7) is 10.2. The summed E-state index contributed by atoms with van der Waals surface area (Å²) >= 11 is 0. The molecule has 0 radical (unpaired) electrons. The second-order valence-electron chi connectivity index (χ2n) is 10.7. The van der Waals surface area contributed by atoms with Crippen molar-refractivity contribution >= 4 is 36.1 Å². The minimum absolute atomic E-state index is 0. The summed E-state index contributed by atoms with van der Waals surface area (Å²) in [6.07, 6.45) is 0. The summed E-state index contributed by atoms with van der Waals surface area (Å²) < 4.78 is 24.7. The number of ether oxygens (including phenoxy) is 5. The van der Waals surface area contributed by atoms with Crippen LogP contribution in [0.15, 0.2) is 29.3 Å². The number of fused-ring (bicyclic) bond motifs is 1. The molecule has 2 fully saturated rings. The number of nitrogens with one attached hydrogen (secondary N) is 2. The van der Waals surface area contributed by atoms with Gasteiger partial charge in [0, 0.05) is 23.2 Å². The number of halogens is 1. The number of rotatable bonds is 4. The van der Waals surface area contributed by atoms with E-state index in [1.807, 2.05) is 45.9 Å². The van der Waals surface area contributed by atoms with Crippen molar-refractivity contribution in [1.29, 1.82) is 5.41 Å². The lowest BCUT2D eigenvalue weighted by Gasteiger charge is -2.13. The van der Waals surface area contributed by atoms with Crippen molar-refractivity contribution in [3.05, 3.63) is 68.8 Å². The van der Waals surface area contributed by atoms with E-state index in [1.165, 1.54) is 21.3 Å². The number of methoxy groups -OCH3 is 3. The first kappa shape index (κ1) is 36.6. The molecule has 0 aromatic heterocycles. The molecule has 3 aliphatic rings. The number of benzene rings is 2. The maximum absolute atomic E-state index is 11.8. The molecule has 2 saturated heterocycles. The van der Waals surface area contributed by atoms with E-state index < -0.39 is 5.97 Å². The smallest absolute Gasteiger partial charge is 0.338 e. The molecule has 3 aliphatic heterocycles. The predicted octanol–water partition coefficient (Wildman–Crippen LogP) is 2.36. The lowest BCUT2D eigenvalue weighted by Crippen LogP contribution is -2.39. The molecule has 0 aliphatic carbocycles. The summed E-state index contributed by atoms with van der Waals surface area (Å²) in [5, 5.41) is 11.0. The highest BCUT2D eigenvalue weighted by atomic mass is 35.5. The molecule has 0 amide bonds. The Kier molecular flexibility index (Phi) is 13.7. The number of carbonyl (C=O) groups excluding carboxylic acids is 2. The van der Waals surface area contributed by atoms with Crippen LogP contribution in [0.1, 0.15) is 54.1 Å². The molecule has 44 heavy (non-hydrogen) atoms. The Bertz CT molecular complexity index is 1340. The molecule has 2 aromatic carbocycles. The van der Waals surface area contributed by atoms with Gasteiger partial charge in [0.05, 0.1) is 71.0 Å². The van der Waals surface area contributed by atoms with E-state index in [1.54, 1.807) is 6.07 Å². The second-order valence-corrected chi connectivity index (χ2v) is 10.7. The molecule has 242 valence electrons. The van der Waals surface area contributed by atoms with Crippen LogP contribution in [0.2, 0.25) is 0 Å². The molecule has 4 atom stereocenters. The van der Waals surface area contributed by atoms with Gasteiger partial charge in [0.2, 0.25) is 5.90 Å². The summed E-state index contributed by atoms with van der Waals surface area (Å²) in [4.78, 5) is 27.9. The fourth-order valence-electron chi connectivity index (χ4n) is 4.90. The number of aryl methyl sites for hydroxylation is 4. The third kappa shape index (κ3) is 8.76. The molecule has 4 unspecified atom stereocenters. The third-order valence-electron chi connectivity index (χ3n) is 7.50. The summed E-state index contributed by atoms with van der Waals surface area (Å²) in [5.74, 6) is 0.183. The first-order valence-corrected chi connectivity index (χ1v) is 13.9. The zero-order chi connectivity index (χ0) is 31.8. The first-order chi connectivity index (χ1) is 20.4.